The summed E-state index contributed by atoms with van der Waals surface area (Å²) in [5.41, 5.74) is 1.46. The fourth-order valence-corrected chi connectivity index (χ4v) is 2.91. The molecule has 24 heavy (non-hydrogen) atoms. The predicted molar refractivity (Wildman–Crippen MR) is 89.4 cm³/mol. The van der Waals surface area contributed by atoms with Crippen molar-refractivity contribution in [3.63, 3.8) is 0 Å². The largest absolute Gasteiger partial charge is 0.332 e. The van der Waals surface area contributed by atoms with Gasteiger partial charge in [-0.3, -0.25) is 4.79 Å². The number of hydrogen-bond acceptors (Lipinski definition) is 3. The number of carbonyl (C=O) groups is 1. The normalized spacial score (nSPS) is 14.8. The first-order valence-corrected chi connectivity index (χ1v) is 7.98. The summed E-state index contributed by atoms with van der Waals surface area (Å²) in [5, 5.41) is 0. The first-order valence-electron chi connectivity index (χ1n) is 7.98. The highest BCUT2D eigenvalue weighted by atomic mass is 19.1. The van der Waals surface area contributed by atoms with E-state index in [4.69, 9.17) is 0 Å². The Kier molecular flexibility index (Phi) is 4.85. The van der Waals surface area contributed by atoms with Crippen molar-refractivity contribution >= 4 is 5.91 Å². The van der Waals surface area contributed by atoms with Gasteiger partial charge in [-0.1, -0.05) is 18.1 Å². The molecule has 2 aromatic rings. The van der Waals surface area contributed by atoms with Gasteiger partial charge in [-0.25, -0.2) is 14.4 Å². The van der Waals surface area contributed by atoms with Gasteiger partial charge >= 0.3 is 0 Å². The molecule has 0 spiro atoms. The van der Waals surface area contributed by atoms with Crippen molar-refractivity contribution in [2.45, 2.75) is 25.7 Å². The summed E-state index contributed by atoms with van der Waals surface area (Å²) >= 11 is 0. The summed E-state index contributed by atoms with van der Waals surface area (Å²) in [5.74, 6) is 5.78. The molecule has 0 N–H and O–H groups in total. The van der Waals surface area contributed by atoms with Gasteiger partial charge in [0.2, 0.25) is 0 Å². The lowest BCUT2D eigenvalue weighted by Gasteiger charge is -2.30. The molecule has 5 heteroatoms. The molecule has 1 aromatic heterocycles. The summed E-state index contributed by atoms with van der Waals surface area (Å²) in [6.07, 6.45) is 3.33. The second-order valence-electron chi connectivity index (χ2n) is 5.75. The van der Waals surface area contributed by atoms with E-state index in [1.807, 2.05) is 6.07 Å². The van der Waals surface area contributed by atoms with Crippen molar-refractivity contribution in [1.82, 2.24) is 14.9 Å². The van der Waals surface area contributed by atoms with Crippen molar-refractivity contribution < 1.29 is 9.18 Å². The molecule has 0 aliphatic carbocycles. The van der Waals surface area contributed by atoms with Gasteiger partial charge in [0.25, 0.3) is 5.91 Å². The van der Waals surface area contributed by atoms with Crippen LogP contribution in [-0.2, 0) is 4.79 Å². The number of rotatable bonds is 2. The minimum absolute atomic E-state index is 0.120. The van der Waals surface area contributed by atoms with Crippen LogP contribution in [0, 0.1) is 17.7 Å². The van der Waals surface area contributed by atoms with E-state index < -0.39 is 0 Å². The minimum atomic E-state index is -0.281. The molecule has 1 fully saturated rings. The molecule has 3 rings (SSSR count). The van der Waals surface area contributed by atoms with Gasteiger partial charge in [0, 0.05) is 30.8 Å². The van der Waals surface area contributed by atoms with Crippen LogP contribution >= 0.6 is 0 Å². The van der Waals surface area contributed by atoms with Crippen molar-refractivity contribution in [1.29, 1.82) is 0 Å². The van der Waals surface area contributed by atoms with E-state index in [9.17, 15) is 9.18 Å². The minimum Gasteiger partial charge on any atom is -0.332 e. The van der Waals surface area contributed by atoms with E-state index in [2.05, 4.69) is 21.8 Å². The Balaban J connectivity index is 1.73. The Hall–Kier alpha value is -2.74. The maximum Gasteiger partial charge on any atom is 0.298 e. The highest BCUT2D eigenvalue weighted by Crippen LogP contribution is 2.27. The van der Waals surface area contributed by atoms with Gasteiger partial charge in [0.05, 0.1) is 5.69 Å². The quantitative estimate of drug-likeness (QED) is 0.798. The summed E-state index contributed by atoms with van der Waals surface area (Å²) < 4.78 is 13.4. The first kappa shape index (κ1) is 16.1. The zero-order valence-corrected chi connectivity index (χ0v) is 13.5. The SMILES string of the molecule is CC#CC(=O)N1CCC(c2nccc(-c3cccc(F)c3)n2)CC1. The molecule has 1 aliphatic rings. The third-order valence-corrected chi connectivity index (χ3v) is 4.17. The van der Waals surface area contributed by atoms with Crippen LogP contribution in [0.15, 0.2) is 36.5 Å². The molecule has 0 radical (unpaired) electrons. The van der Waals surface area contributed by atoms with Gasteiger partial charge in [-0.05, 0) is 43.9 Å². The molecule has 1 saturated heterocycles. The molecule has 0 atom stereocenters. The summed E-state index contributed by atoms with van der Waals surface area (Å²) in [7, 11) is 0. The third-order valence-electron chi connectivity index (χ3n) is 4.17. The molecular formula is C19H18FN3O. The van der Waals surface area contributed by atoms with Gasteiger partial charge < -0.3 is 4.90 Å². The van der Waals surface area contributed by atoms with Gasteiger partial charge in [0.1, 0.15) is 11.6 Å². The maximum atomic E-state index is 13.4. The lowest BCUT2D eigenvalue weighted by Crippen LogP contribution is -2.37. The van der Waals surface area contributed by atoms with Gasteiger partial charge in [0.15, 0.2) is 0 Å². The van der Waals surface area contributed by atoms with Crippen molar-refractivity contribution in [3.05, 3.63) is 48.2 Å². The average molecular weight is 323 g/mol. The van der Waals surface area contributed by atoms with Gasteiger partial charge in [-0.15, -0.1) is 0 Å². The number of carbonyl (C=O) groups excluding carboxylic acids is 1. The second-order valence-corrected chi connectivity index (χ2v) is 5.75. The molecule has 4 nitrogen and oxygen atoms in total. The molecule has 1 aromatic carbocycles. The molecule has 0 unspecified atom stereocenters. The third kappa shape index (κ3) is 3.60. The smallest absolute Gasteiger partial charge is 0.298 e. The van der Waals surface area contributed by atoms with Crippen molar-refractivity contribution in [2.75, 3.05) is 13.1 Å². The molecule has 0 bridgehead atoms. The van der Waals surface area contributed by atoms with Crippen LogP contribution in [0.1, 0.15) is 31.5 Å². The zero-order chi connectivity index (χ0) is 16.9. The standard InChI is InChI=1S/C19H18FN3O/c1-2-4-18(24)23-11-8-14(9-12-23)19-21-10-7-17(22-19)15-5-3-6-16(20)13-15/h3,5-7,10,13-14H,8-9,11-12H2,1H3. The highest BCUT2D eigenvalue weighted by Gasteiger charge is 2.25. The predicted octanol–water partition coefficient (Wildman–Crippen LogP) is 3.01. The van der Waals surface area contributed by atoms with Crippen LogP contribution in [0.2, 0.25) is 0 Å². The van der Waals surface area contributed by atoms with Crippen molar-refractivity contribution in [2.24, 2.45) is 0 Å². The fourth-order valence-electron chi connectivity index (χ4n) is 2.91. The number of hydrogen-bond donors (Lipinski definition) is 0. The first-order chi connectivity index (χ1) is 11.7. The average Bonchev–Trinajstić information content (AvgIpc) is 2.62. The summed E-state index contributed by atoms with van der Waals surface area (Å²) in [6, 6.07) is 8.17. The number of benzene rings is 1. The molecule has 2 heterocycles. The van der Waals surface area contributed by atoms with Crippen molar-refractivity contribution in [3.8, 4) is 23.1 Å². The lowest BCUT2D eigenvalue weighted by atomic mass is 9.95. The molecule has 122 valence electrons. The summed E-state index contributed by atoms with van der Waals surface area (Å²) in [6.45, 7) is 2.98. The number of piperidine rings is 1. The molecule has 0 saturated carbocycles. The van der Waals surface area contributed by atoms with E-state index in [-0.39, 0.29) is 17.6 Å². The number of halogens is 1. The number of likely N-dealkylation sites (tertiary alicyclic amines) is 1. The molecule has 1 amide bonds. The Morgan fingerprint density at radius 3 is 2.79 bits per heavy atom. The van der Waals surface area contributed by atoms with E-state index in [0.29, 0.717) is 13.1 Å². The lowest BCUT2D eigenvalue weighted by molar-refractivity contribution is -0.126. The van der Waals surface area contributed by atoms with Crippen LogP contribution in [0.4, 0.5) is 4.39 Å². The topological polar surface area (TPSA) is 46.1 Å². The second kappa shape index (κ2) is 7.22. The number of amides is 1. The van der Waals surface area contributed by atoms with Crippen LogP contribution in [-0.4, -0.2) is 33.9 Å². The van der Waals surface area contributed by atoms with Crippen LogP contribution in [0.25, 0.3) is 11.3 Å². The Bertz CT molecular complexity index is 801. The Morgan fingerprint density at radius 1 is 1.29 bits per heavy atom. The monoisotopic (exact) mass is 323 g/mol. The summed E-state index contributed by atoms with van der Waals surface area (Å²) in [4.78, 5) is 22.6. The zero-order valence-electron chi connectivity index (χ0n) is 13.5. The van der Waals surface area contributed by atoms with Gasteiger partial charge in [-0.2, -0.15) is 0 Å². The fraction of sp³-hybridized carbons (Fsp3) is 0.316. The van der Waals surface area contributed by atoms with E-state index in [0.717, 1.165) is 29.9 Å². The van der Waals surface area contributed by atoms with Crippen LogP contribution < -0.4 is 0 Å². The highest BCUT2D eigenvalue weighted by molar-refractivity contribution is 5.93. The van der Waals surface area contributed by atoms with Crippen LogP contribution in [0.5, 0.6) is 0 Å². The molecule has 1 aliphatic heterocycles. The van der Waals surface area contributed by atoms with E-state index >= 15 is 0 Å². The van der Waals surface area contributed by atoms with Crippen LogP contribution in [0.3, 0.4) is 0 Å². The van der Waals surface area contributed by atoms with E-state index in [1.165, 1.54) is 12.1 Å². The number of aromatic nitrogens is 2. The molecular weight excluding hydrogens is 305 g/mol. The Labute approximate surface area is 140 Å². The Morgan fingerprint density at radius 2 is 2.08 bits per heavy atom. The van der Waals surface area contributed by atoms with E-state index in [1.54, 1.807) is 30.2 Å². The maximum absolute atomic E-state index is 13.4. The number of nitrogens with zero attached hydrogens (tertiary/aromatic N) is 3.